The first kappa shape index (κ1) is 19.7. The van der Waals surface area contributed by atoms with E-state index in [9.17, 15) is 0 Å². The van der Waals surface area contributed by atoms with E-state index in [0.717, 1.165) is 19.1 Å². The van der Waals surface area contributed by atoms with Gasteiger partial charge in [0.05, 0.1) is 26.4 Å². The highest BCUT2D eigenvalue weighted by atomic mass is 16.5. The molecule has 5 nitrogen and oxygen atoms in total. The second kappa shape index (κ2) is 11.9. The molecule has 25 heavy (non-hydrogen) atoms. The maximum atomic E-state index is 5.64. The zero-order valence-corrected chi connectivity index (χ0v) is 15.7. The molecule has 0 bridgehead atoms. The van der Waals surface area contributed by atoms with Crippen molar-refractivity contribution in [3.8, 4) is 0 Å². The summed E-state index contributed by atoms with van der Waals surface area (Å²) in [6, 6.07) is 9.03. The Morgan fingerprint density at radius 2 is 1.88 bits per heavy atom. The van der Waals surface area contributed by atoms with E-state index in [-0.39, 0.29) is 0 Å². The molecule has 0 radical (unpaired) electrons. The minimum atomic E-state index is 0.572. The molecular weight excluding hydrogens is 314 g/mol. The first-order valence-corrected chi connectivity index (χ1v) is 9.60. The van der Waals surface area contributed by atoms with Gasteiger partial charge in [0.15, 0.2) is 5.96 Å². The van der Waals surface area contributed by atoms with E-state index in [0.29, 0.717) is 32.4 Å². The molecule has 0 aromatic heterocycles. The fraction of sp³-hybridized carbons (Fsp3) is 0.650. The SMILES string of the molecule is CCNC(=NCc1cccc(COCCOCC)c1)NC1CCCC1. The van der Waals surface area contributed by atoms with Gasteiger partial charge in [0.1, 0.15) is 0 Å². The highest BCUT2D eigenvalue weighted by Crippen LogP contribution is 2.17. The first-order chi connectivity index (χ1) is 12.3. The number of nitrogens with one attached hydrogen (secondary N) is 2. The van der Waals surface area contributed by atoms with Crippen LogP contribution in [-0.4, -0.2) is 38.4 Å². The second-order valence-corrected chi connectivity index (χ2v) is 6.39. The van der Waals surface area contributed by atoms with E-state index >= 15 is 0 Å². The average molecular weight is 348 g/mol. The fourth-order valence-electron chi connectivity index (χ4n) is 3.02. The summed E-state index contributed by atoms with van der Waals surface area (Å²) in [7, 11) is 0. The van der Waals surface area contributed by atoms with Gasteiger partial charge in [-0.2, -0.15) is 0 Å². The molecule has 0 saturated heterocycles. The number of ether oxygens (including phenoxy) is 2. The molecule has 2 N–H and O–H groups in total. The van der Waals surface area contributed by atoms with Crippen molar-refractivity contribution in [2.45, 2.75) is 58.7 Å². The molecule has 1 aromatic rings. The summed E-state index contributed by atoms with van der Waals surface area (Å²) in [5.74, 6) is 0.924. The van der Waals surface area contributed by atoms with Crippen LogP contribution in [0.5, 0.6) is 0 Å². The van der Waals surface area contributed by atoms with Gasteiger partial charge in [0.2, 0.25) is 0 Å². The summed E-state index contributed by atoms with van der Waals surface area (Å²) in [6.45, 7) is 8.29. The molecule has 0 atom stereocenters. The van der Waals surface area contributed by atoms with E-state index < -0.39 is 0 Å². The number of guanidine groups is 1. The Hall–Kier alpha value is -1.59. The number of nitrogens with zero attached hydrogens (tertiary/aromatic N) is 1. The van der Waals surface area contributed by atoms with Crippen LogP contribution in [0.25, 0.3) is 0 Å². The highest BCUT2D eigenvalue weighted by Gasteiger charge is 2.15. The van der Waals surface area contributed by atoms with Crippen LogP contribution >= 0.6 is 0 Å². The average Bonchev–Trinajstić information content (AvgIpc) is 3.13. The Morgan fingerprint density at radius 3 is 2.64 bits per heavy atom. The molecule has 1 aliphatic rings. The van der Waals surface area contributed by atoms with Gasteiger partial charge in [0.25, 0.3) is 0 Å². The molecule has 0 heterocycles. The molecule has 5 heteroatoms. The minimum absolute atomic E-state index is 0.572. The van der Waals surface area contributed by atoms with Crippen molar-refractivity contribution in [2.24, 2.45) is 4.99 Å². The van der Waals surface area contributed by atoms with Gasteiger partial charge in [0, 0.05) is 19.2 Å². The van der Waals surface area contributed by atoms with Crippen molar-refractivity contribution in [2.75, 3.05) is 26.4 Å². The standard InChI is InChI=1S/C20H33N3O2/c1-3-21-20(23-19-10-5-6-11-19)22-15-17-8-7-9-18(14-17)16-25-13-12-24-4-2/h7-9,14,19H,3-6,10-13,15-16H2,1-2H3,(H2,21,22,23). The summed E-state index contributed by atoms with van der Waals surface area (Å²) in [4.78, 5) is 4.74. The van der Waals surface area contributed by atoms with Gasteiger partial charge in [-0.05, 0) is 37.8 Å². The van der Waals surface area contributed by atoms with Gasteiger partial charge >= 0.3 is 0 Å². The third-order valence-electron chi connectivity index (χ3n) is 4.30. The van der Waals surface area contributed by atoms with Crippen molar-refractivity contribution < 1.29 is 9.47 Å². The lowest BCUT2D eigenvalue weighted by Gasteiger charge is -2.16. The Bertz CT molecular complexity index is 513. The summed E-state index contributed by atoms with van der Waals surface area (Å²) in [5, 5.41) is 6.90. The first-order valence-electron chi connectivity index (χ1n) is 9.60. The lowest BCUT2D eigenvalue weighted by atomic mass is 10.1. The van der Waals surface area contributed by atoms with Crippen LogP contribution in [0.2, 0.25) is 0 Å². The quantitative estimate of drug-likeness (QED) is 0.388. The van der Waals surface area contributed by atoms with Crippen LogP contribution in [0.4, 0.5) is 0 Å². The zero-order valence-electron chi connectivity index (χ0n) is 15.7. The van der Waals surface area contributed by atoms with Crippen LogP contribution in [0.1, 0.15) is 50.7 Å². The molecule has 1 aromatic carbocycles. The Morgan fingerprint density at radius 1 is 1.12 bits per heavy atom. The van der Waals surface area contributed by atoms with Gasteiger partial charge < -0.3 is 20.1 Å². The monoisotopic (exact) mass is 347 g/mol. The minimum Gasteiger partial charge on any atom is -0.379 e. The van der Waals surface area contributed by atoms with E-state index in [1.807, 2.05) is 6.92 Å². The predicted octanol–water partition coefficient (Wildman–Crippen LogP) is 3.24. The Balaban J connectivity index is 1.83. The van der Waals surface area contributed by atoms with E-state index in [1.54, 1.807) is 0 Å². The van der Waals surface area contributed by atoms with Crippen LogP contribution in [0.3, 0.4) is 0 Å². The fourth-order valence-corrected chi connectivity index (χ4v) is 3.02. The molecule has 0 aliphatic heterocycles. The van der Waals surface area contributed by atoms with Crippen molar-refractivity contribution in [1.82, 2.24) is 10.6 Å². The summed E-state index contributed by atoms with van der Waals surface area (Å²) in [6.07, 6.45) is 5.14. The van der Waals surface area contributed by atoms with Gasteiger partial charge in [-0.25, -0.2) is 4.99 Å². The van der Waals surface area contributed by atoms with E-state index in [4.69, 9.17) is 14.5 Å². The zero-order chi connectivity index (χ0) is 17.7. The predicted molar refractivity (Wildman–Crippen MR) is 103 cm³/mol. The molecule has 2 rings (SSSR count). The third-order valence-corrected chi connectivity index (χ3v) is 4.30. The molecule has 0 unspecified atom stereocenters. The summed E-state index contributed by atoms with van der Waals surface area (Å²) >= 11 is 0. The van der Waals surface area contributed by atoms with E-state index in [2.05, 4.69) is 41.8 Å². The molecular formula is C20H33N3O2. The van der Waals surface area contributed by atoms with Gasteiger partial charge in [-0.3, -0.25) is 0 Å². The number of rotatable bonds is 10. The lowest BCUT2D eigenvalue weighted by Crippen LogP contribution is -2.42. The number of hydrogen-bond donors (Lipinski definition) is 2. The third kappa shape index (κ3) is 7.88. The summed E-state index contributed by atoms with van der Waals surface area (Å²) < 4.78 is 10.9. The highest BCUT2D eigenvalue weighted by molar-refractivity contribution is 5.80. The number of benzene rings is 1. The molecule has 0 spiro atoms. The van der Waals surface area contributed by atoms with Crippen molar-refractivity contribution >= 4 is 5.96 Å². The Kier molecular flexibility index (Phi) is 9.37. The number of aliphatic imine (C=N–C) groups is 1. The van der Waals surface area contributed by atoms with Gasteiger partial charge in [-0.1, -0.05) is 37.1 Å². The van der Waals surface area contributed by atoms with E-state index in [1.165, 1.54) is 36.8 Å². The molecule has 0 amide bonds. The van der Waals surface area contributed by atoms with Crippen LogP contribution in [0.15, 0.2) is 29.3 Å². The molecule has 1 fully saturated rings. The smallest absolute Gasteiger partial charge is 0.191 e. The maximum Gasteiger partial charge on any atom is 0.191 e. The summed E-state index contributed by atoms with van der Waals surface area (Å²) in [5.41, 5.74) is 2.38. The molecule has 140 valence electrons. The van der Waals surface area contributed by atoms with Crippen molar-refractivity contribution in [3.05, 3.63) is 35.4 Å². The molecule has 1 aliphatic carbocycles. The Labute approximate surface area is 152 Å². The van der Waals surface area contributed by atoms with Gasteiger partial charge in [-0.15, -0.1) is 0 Å². The van der Waals surface area contributed by atoms with Crippen molar-refractivity contribution in [1.29, 1.82) is 0 Å². The van der Waals surface area contributed by atoms with Crippen LogP contribution in [0, 0.1) is 0 Å². The largest absolute Gasteiger partial charge is 0.379 e. The molecule has 1 saturated carbocycles. The lowest BCUT2D eigenvalue weighted by molar-refractivity contribution is 0.0453. The maximum absolute atomic E-state index is 5.64. The number of hydrogen-bond acceptors (Lipinski definition) is 3. The normalized spacial score (nSPS) is 15.5. The van der Waals surface area contributed by atoms with Crippen LogP contribution < -0.4 is 10.6 Å². The second-order valence-electron chi connectivity index (χ2n) is 6.39. The topological polar surface area (TPSA) is 54.9 Å². The van der Waals surface area contributed by atoms with Crippen LogP contribution in [-0.2, 0) is 22.6 Å². The van der Waals surface area contributed by atoms with Crippen molar-refractivity contribution in [3.63, 3.8) is 0 Å².